The Hall–Kier alpha value is -0.340. The van der Waals surface area contributed by atoms with Crippen molar-refractivity contribution >= 4 is 0 Å². The number of methoxy groups -OCH3 is 1. The summed E-state index contributed by atoms with van der Waals surface area (Å²) in [6, 6.07) is 0. The van der Waals surface area contributed by atoms with Gasteiger partial charge in [-0.05, 0) is 12.8 Å². The summed E-state index contributed by atoms with van der Waals surface area (Å²) in [5.41, 5.74) is -0.131. The van der Waals surface area contributed by atoms with Gasteiger partial charge in [-0.3, -0.25) is 0 Å². The number of rotatable bonds is 1. The molecule has 3 rings (SSSR count). The van der Waals surface area contributed by atoms with Crippen molar-refractivity contribution in [2.45, 2.75) is 31.0 Å². The lowest BCUT2D eigenvalue weighted by molar-refractivity contribution is -0.0674. The predicted molar refractivity (Wildman–Crippen MR) is 42.2 cm³/mol. The van der Waals surface area contributed by atoms with Crippen LogP contribution in [-0.4, -0.2) is 23.9 Å². The first-order chi connectivity index (χ1) is 5.26. The zero-order valence-electron chi connectivity index (χ0n) is 6.79. The fourth-order valence-corrected chi connectivity index (χ4v) is 2.14. The first kappa shape index (κ1) is 7.32. The molecule has 0 unspecified atom stereocenters. The molecule has 3 aliphatic rings. The Kier molecular flexibility index (Phi) is 1.55. The molecular formula is C9H14O2. The molecule has 0 spiro atoms. The fourth-order valence-electron chi connectivity index (χ4n) is 2.14. The molecular weight excluding hydrogens is 140 g/mol. The second kappa shape index (κ2) is 2.32. The van der Waals surface area contributed by atoms with E-state index in [4.69, 9.17) is 4.74 Å². The molecule has 0 aliphatic heterocycles. The molecule has 0 aromatic carbocycles. The molecule has 11 heavy (non-hydrogen) atoms. The van der Waals surface area contributed by atoms with Gasteiger partial charge in [0.2, 0.25) is 0 Å². The molecule has 0 amide bonds. The number of fused-ring (bicyclic) bond motifs is 2. The summed E-state index contributed by atoms with van der Waals surface area (Å²) in [4.78, 5) is 0. The van der Waals surface area contributed by atoms with E-state index in [-0.39, 0.29) is 11.7 Å². The topological polar surface area (TPSA) is 29.5 Å². The second-order valence-electron chi connectivity index (χ2n) is 3.60. The Morgan fingerprint density at radius 1 is 1.64 bits per heavy atom. The smallest absolute Gasteiger partial charge is 0.0883 e. The fraction of sp³-hybridized carbons (Fsp3) is 0.778. The summed E-state index contributed by atoms with van der Waals surface area (Å²) in [5, 5.41) is 9.56. The van der Waals surface area contributed by atoms with Gasteiger partial charge in [0.1, 0.15) is 0 Å². The molecule has 1 N–H and O–H groups in total. The monoisotopic (exact) mass is 154 g/mol. The summed E-state index contributed by atoms with van der Waals surface area (Å²) < 4.78 is 5.39. The average molecular weight is 154 g/mol. The molecule has 0 aromatic rings. The van der Waals surface area contributed by atoms with Crippen molar-refractivity contribution in [1.29, 1.82) is 0 Å². The minimum Gasteiger partial charge on any atom is -0.392 e. The normalized spacial score (nSPS) is 48.2. The lowest BCUT2D eigenvalue weighted by Crippen LogP contribution is -2.45. The minimum absolute atomic E-state index is 0.131. The Morgan fingerprint density at radius 2 is 2.45 bits per heavy atom. The maximum absolute atomic E-state index is 9.56. The third kappa shape index (κ3) is 1.01. The van der Waals surface area contributed by atoms with E-state index in [9.17, 15) is 5.11 Å². The highest BCUT2D eigenvalue weighted by Gasteiger charge is 2.41. The summed E-state index contributed by atoms with van der Waals surface area (Å²) in [6.45, 7) is 0. The van der Waals surface area contributed by atoms with Gasteiger partial charge in [-0.2, -0.15) is 0 Å². The maximum Gasteiger partial charge on any atom is 0.0883 e. The standard InChI is InChI=1S/C9H14O2/c1-11-9-4-2-7(3-5-9)8(10)6-9/h2,4,7-8,10H,3,5-6H2,1H3/t7-,8-,9-/m1/s1. The average Bonchev–Trinajstić information content (AvgIpc) is 2.06. The Balaban J connectivity index is 2.25. The van der Waals surface area contributed by atoms with E-state index >= 15 is 0 Å². The minimum atomic E-state index is -0.173. The number of hydrogen-bond acceptors (Lipinski definition) is 2. The van der Waals surface area contributed by atoms with Gasteiger partial charge >= 0.3 is 0 Å². The third-order valence-electron chi connectivity index (χ3n) is 3.00. The summed E-state index contributed by atoms with van der Waals surface area (Å²) in [6.07, 6.45) is 6.97. The van der Waals surface area contributed by atoms with Crippen LogP contribution in [0, 0.1) is 5.92 Å². The highest BCUT2D eigenvalue weighted by atomic mass is 16.5. The summed E-state index contributed by atoms with van der Waals surface area (Å²) >= 11 is 0. The van der Waals surface area contributed by atoms with E-state index in [0.717, 1.165) is 19.3 Å². The Labute approximate surface area is 66.9 Å². The lowest BCUT2D eigenvalue weighted by atomic mass is 9.71. The van der Waals surface area contributed by atoms with Crippen LogP contribution in [0.15, 0.2) is 12.2 Å². The van der Waals surface area contributed by atoms with E-state index in [1.165, 1.54) is 0 Å². The van der Waals surface area contributed by atoms with Crippen LogP contribution in [0.2, 0.25) is 0 Å². The van der Waals surface area contributed by atoms with Crippen molar-refractivity contribution in [3.8, 4) is 0 Å². The Bertz CT molecular complexity index is 188. The van der Waals surface area contributed by atoms with E-state index in [1.807, 2.05) is 0 Å². The quantitative estimate of drug-likeness (QED) is 0.573. The van der Waals surface area contributed by atoms with Crippen molar-refractivity contribution in [2.24, 2.45) is 5.92 Å². The second-order valence-corrected chi connectivity index (χ2v) is 3.60. The number of aliphatic hydroxyl groups excluding tert-OH is 1. The van der Waals surface area contributed by atoms with Gasteiger partial charge in [0.25, 0.3) is 0 Å². The van der Waals surface area contributed by atoms with Crippen LogP contribution in [0.25, 0.3) is 0 Å². The van der Waals surface area contributed by atoms with Crippen molar-refractivity contribution in [3.05, 3.63) is 12.2 Å². The van der Waals surface area contributed by atoms with Crippen LogP contribution < -0.4 is 0 Å². The molecule has 3 atom stereocenters. The molecule has 2 heteroatoms. The van der Waals surface area contributed by atoms with E-state index in [0.29, 0.717) is 5.92 Å². The van der Waals surface area contributed by atoms with Crippen molar-refractivity contribution in [1.82, 2.24) is 0 Å². The molecule has 0 radical (unpaired) electrons. The largest absolute Gasteiger partial charge is 0.392 e. The molecule has 1 saturated carbocycles. The van der Waals surface area contributed by atoms with Crippen LogP contribution in [0.5, 0.6) is 0 Å². The van der Waals surface area contributed by atoms with Crippen LogP contribution in [0.3, 0.4) is 0 Å². The van der Waals surface area contributed by atoms with Crippen LogP contribution >= 0.6 is 0 Å². The molecule has 0 saturated heterocycles. The first-order valence-electron chi connectivity index (χ1n) is 4.18. The van der Waals surface area contributed by atoms with Gasteiger partial charge in [-0.15, -0.1) is 0 Å². The molecule has 2 bridgehead atoms. The van der Waals surface area contributed by atoms with E-state index in [1.54, 1.807) is 7.11 Å². The van der Waals surface area contributed by atoms with E-state index in [2.05, 4.69) is 12.2 Å². The molecule has 2 nitrogen and oxygen atoms in total. The van der Waals surface area contributed by atoms with Crippen LogP contribution in [-0.2, 0) is 4.74 Å². The molecule has 3 aliphatic carbocycles. The molecule has 1 fully saturated rings. The van der Waals surface area contributed by atoms with E-state index < -0.39 is 0 Å². The maximum atomic E-state index is 9.56. The van der Waals surface area contributed by atoms with Gasteiger partial charge in [-0.25, -0.2) is 0 Å². The number of hydrogen-bond donors (Lipinski definition) is 1. The Morgan fingerprint density at radius 3 is 2.82 bits per heavy atom. The van der Waals surface area contributed by atoms with Crippen LogP contribution in [0.1, 0.15) is 19.3 Å². The van der Waals surface area contributed by atoms with Crippen molar-refractivity contribution in [2.75, 3.05) is 7.11 Å². The predicted octanol–water partition coefficient (Wildman–Crippen LogP) is 1.10. The molecule has 0 aromatic heterocycles. The highest BCUT2D eigenvalue weighted by molar-refractivity contribution is 5.16. The SMILES string of the molecule is CO[C@]12C=C[C@H](CC1)[C@H](O)C2. The zero-order chi connectivity index (χ0) is 7.90. The van der Waals surface area contributed by atoms with Gasteiger partial charge in [0, 0.05) is 19.4 Å². The van der Waals surface area contributed by atoms with Gasteiger partial charge in [0.05, 0.1) is 11.7 Å². The van der Waals surface area contributed by atoms with Crippen molar-refractivity contribution < 1.29 is 9.84 Å². The summed E-state index contributed by atoms with van der Waals surface area (Å²) in [5.74, 6) is 0.395. The number of aliphatic hydroxyl groups is 1. The zero-order valence-corrected chi connectivity index (χ0v) is 6.79. The molecule has 0 heterocycles. The van der Waals surface area contributed by atoms with Gasteiger partial charge in [-0.1, -0.05) is 12.2 Å². The first-order valence-corrected chi connectivity index (χ1v) is 4.18. The summed E-state index contributed by atoms with van der Waals surface area (Å²) in [7, 11) is 1.72. The molecule has 62 valence electrons. The number of ether oxygens (including phenoxy) is 1. The highest BCUT2D eigenvalue weighted by Crippen LogP contribution is 2.41. The lowest BCUT2D eigenvalue weighted by Gasteiger charge is -2.43. The van der Waals surface area contributed by atoms with Gasteiger partial charge in [0.15, 0.2) is 0 Å². The van der Waals surface area contributed by atoms with Crippen molar-refractivity contribution in [3.63, 3.8) is 0 Å². The third-order valence-corrected chi connectivity index (χ3v) is 3.00. The van der Waals surface area contributed by atoms with Gasteiger partial charge < -0.3 is 9.84 Å². The van der Waals surface area contributed by atoms with Crippen LogP contribution in [0.4, 0.5) is 0 Å².